The van der Waals surface area contributed by atoms with Gasteiger partial charge >= 0.3 is 5.97 Å². The highest BCUT2D eigenvalue weighted by molar-refractivity contribution is 7.98. The molecule has 0 spiro atoms. The molecule has 0 radical (unpaired) electrons. The maximum Gasteiger partial charge on any atom is 0.320 e. The number of hydrogen-bond donors (Lipinski definition) is 2. The lowest BCUT2D eigenvalue weighted by molar-refractivity contribution is -0.693. The Balaban J connectivity index is 0.000000302. The number of aliphatic carboxylic acids is 1. The molecule has 1 aromatic heterocycles. The number of carboxylic acid groups (broad SMARTS) is 1. The highest BCUT2D eigenvalue weighted by Crippen LogP contribution is 1.97. The molecular formula is C11H22N3O2S+. The summed E-state index contributed by atoms with van der Waals surface area (Å²) in [6.45, 7) is 3.18. The molecule has 0 aromatic carbocycles. The van der Waals surface area contributed by atoms with Crippen LogP contribution in [0.25, 0.3) is 0 Å². The molecule has 0 aliphatic carbocycles. The zero-order chi connectivity index (χ0) is 13.3. The number of thioether (sulfide) groups is 1. The highest BCUT2D eigenvalue weighted by Gasteiger charge is 2.08. The molecule has 0 saturated carbocycles. The van der Waals surface area contributed by atoms with Gasteiger partial charge in [-0.05, 0) is 25.4 Å². The quantitative estimate of drug-likeness (QED) is 0.756. The van der Waals surface area contributed by atoms with Crippen LogP contribution in [0, 0.1) is 0 Å². The van der Waals surface area contributed by atoms with E-state index in [4.69, 9.17) is 10.8 Å². The normalized spacial score (nSPS) is 11.5. The average molecular weight is 260 g/mol. The molecule has 98 valence electrons. The molecule has 0 bridgehead atoms. The largest absolute Gasteiger partial charge is 0.480 e. The second kappa shape index (κ2) is 9.07. The Morgan fingerprint density at radius 3 is 2.59 bits per heavy atom. The second-order valence-electron chi connectivity index (χ2n) is 3.64. The molecule has 5 nitrogen and oxygen atoms in total. The molecule has 1 rings (SSSR count). The minimum absolute atomic E-state index is 0.552. The van der Waals surface area contributed by atoms with E-state index in [2.05, 4.69) is 24.0 Å². The Labute approximate surface area is 107 Å². The van der Waals surface area contributed by atoms with Gasteiger partial charge in [0, 0.05) is 0 Å². The van der Waals surface area contributed by atoms with Gasteiger partial charge in [0.05, 0.1) is 13.6 Å². The first-order valence-corrected chi connectivity index (χ1v) is 6.89. The summed E-state index contributed by atoms with van der Waals surface area (Å²) in [6.07, 6.45) is 8.62. The van der Waals surface area contributed by atoms with Crippen molar-refractivity contribution >= 4 is 17.7 Å². The molecule has 0 amide bonds. The number of imidazole rings is 1. The van der Waals surface area contributed by atoms with Crippen molar-refractivity contribution in [2.45, 2.75) is 25.9 Å². The molecule has 1 aromatic rings. The van der Waals surface area contributed by atoms with Crippen molar-refractivity contribution in [2.75, 3.05) is 12.0 Å². The van der Waals surface area contributed by atoms with Crippen molar-refractivity contribution in [3.63, 3.8) is 0 Å². The Kier molecular flexibility index (Phi) is 8.53. The van der Waals surface area contributed by atoms with Crippen molar-refractivity contribution in [1.82, 2.24) is 4.57 Å². The number of aromatic nitrogens is 2. The molecule has 1 unspecified atom stereocenters. The third kappa shape index (κ3) is 7.82. The Hall–Kier alpha value is -1.01. The van der Waals surface area contributed by atoms with Crippen molar-refractivity contribution in [2.24, 2.45) is 12.8 Å². The van der Waals surface area contributed by atoms with E-state index in [9.17, 15) is 4.79 Å². The van der Waals surface area contributed by atoms with Crippen LogP contribution in [0.2, 0.25) is 0 Å². The highest BCUT2D eigenvalue weighted by atomic mass is 32.2. The lowest BCUT2D eigenvalue weighted by atomic mass is 10.2. The first-order chi connectivity index (χ1) is 8.01. The van der Waals surface area contributed by atoms with Crippen LogP contribution < -0.4 is 10.3 Å². The van der Waals surface area contributed by atoms with Crippen LogP contribution in [-0.2, 0) is 18.4 Å². The Morgan fingerprint density at radius 1 is 1.65 bits per heavy atom. The monoisotopic (exact) mass is 260 g/mol. The smallest absolute Gasteiger partial charge is 0.320 e. The van der Waals surface area contributed by atoms with Crippen LogP contribution in [0.15, 0.2) is 18.7 Å². The lowest BCUT2D eigenvalue weighted by Crippen LogP contribution is -2.30. The fourth-order valence-electron chi connectivity index (χ4n) is 1.06. The van der Waals surface area contributed by atoms with Crippen molar-refractivity contribution in [3.8, 4) is 0 Å². The zero-order valence-electron chi connectivity index (χ0n) is 10.7. The maximum absolute atomic E-state index is 10.1. The summed E-state index contributed by atoms with van der Waals surface area (Å²) in [5.41, 5.74) is 5.19. The summed E-state index contributed by atoms with van der Waals surface area (Å²) in [4.78, 5) is 10.1. The molecule has 6 heteroatoms. The van der Waals surface area contributed by atoms with Gasteiger partial charge in [0.25, 0.3) is 0 Å². The predicted octanol–water partition coefficient (Wildman–Crippen LogP) is 0.484. The van der Waals surface area contributed by atoms with Gasteiger partial charge in [-0.15, -0.1) is 0 Å². The number of carboxylic acids is 1. The summed E-state index contributed by atoms with van der Waals surface area (Å²) in [7, 11) is 2.02. The van der Waals surface area contributed by atoms with E-state index in [1.165, 1.54) is 0 Å². The topological polar surface area (TPSA) is 72.1 Å². The average Bonchev–Trinajstić information content (AvgIpc) is 2.72. The van der Waals surface area contributed by atoms with Crippen molar-refractivity contribution < 1.29 is 14.5 Å². The standard InChI is InChI=1S/C6H11N2.C5H11NO2S/c1-3-8-5-4-7(2)6-8;1-9-3-2-4(6)5(7)8/h4-6H,3H2,1-2H3;4H,2-3,6H2,1H3,(H,7,8)/q+1;. The minimum atomic E-state index is -0.913. The van der Waals surface area contributed by atoms with Gasteiger partial charge in [0.15, 0.2) is 0 Å². The first kappa shape index (κ1) is 16.0. The number of hydrogen-bond acceptors (Lipinski definition) is 3. The molecular weight excluding hydrogens is 238 g/mol. The summed E-state index contributed by atoms with van der Waals surface area (Å²) in [5.74, 6) is -0.1000. The van der Waals surface area contributed by atoms with E-state index in [0.717, 1.165) is 12.3 Å². The fraction of sp³-hybridized carbons (Fsp3) is 0.636. The molecule has 17 heavy (non-hydrogen) atoms. The minimum Gasteiger partial charge on any atom is -0.480 e. The number of nitrogens with two attached hydrogens (primary N) is 1. The number of rotatable bonds is 5. The summed E-state index contributed by atoms with van der Waals surface area (Å²) in [5, 5.41) is 8.27. The summed E-state index contributed by atoms with van der Waals surface area (Å²) >= 11 is 1.60. The van der Waals surface area contributed by atoms with E-state index in [1.54, 1.807) is 11.8 Å². The fourth-order valence-corrected chi connectivity index (χ4v) is 1.55. The van der Waals surface area contributed by atoms with Gasteiger partial charge in [-0.2, -0.15) is 11.8 Å². The van der Waals surface area contributed by atoms with E-state index in [-0.39, 0.29) is 0 Å². The molecule has 1 heterocycles. The summed E-state index contributed by atoms with van der Waals surface area (Å²) in [6, 6.07) is -0.683. The zero-order valence-corrected chi connectivity index (χ0v) is 11.5. The number of carbonyl (C=O) groups is 1. The van der Waals surface area contributed by atoms with Crippen LogP contribution in [0.1, 0.15) is 13.3 Å². The van der Waals surface area contributed by atoms with Crippen LogP contribution in [0.3, 0.4) is 0 Å². The van der Waals surface area contributed by atoms with E-state index >= 15 is 0 Å². The molecule has 3 N–H and O–H groups in total. The third-order valence-corrected chi connectivity index (χ3v) is 2.78. The van der Waals surface area contributed by atoms with E-state index < -0.39 is 12.0 Å². The van der Waals surface area contributed by atoms with Gasteiger partial charge in [-0.25, -0.2) is 9.13 Å². The second-order valence-corrected chi connectivity index (χ2v) is 4.62. The lowest BCUT2D eigenvalue weighted by Gasteiger charge is -2.02. The number of nitrogens with zero attached hydrogens (tertiary/aromatic N) is 2. The van der Waals surface area contributed by atoms with Gasteiger partial charge in [0.1, 0.15) is 18.4 Å². The molecule has 0 fully saturated rings. The third-order valence-electron chi connectivity index (χ3n) is 2.14. The van der Waals surface area contributed by atoms with Crippen LogP contribution >= 0.6 is 11.8 Å². The van der Waals surface area contributed by atoms with Crippen LogP contribution in [0.5, 0.6) is 0 Å². The molecule has 1 atom stereocenters. The Morgan fingerprint density at radius 2 is 2.29 bits per heavy atom. The van der Waals surface area contributed by atoms with Gasteiger partial charge in [0.2, 0.25) is 6.33 Å². The van der Waals surface area contributed by atoms with Crippen LogP contribution in [0.4, 0.5) is 0 Å². The van der Waals surface area contributed by atoms with Crippen molar-refractivity contribution in [3.05, 3.63) is 18.7 Å². The van der Waals surface area contributed by atoms with Gasteiger partial charge in [-0.3, -0.25) is 4.79 Å². The van der Waals surface area contributed by atoms with Crippen molar-refractivity contribution in [1.29, 1.82) is 0 Å². The molecule has 0 saturated heterocycles. The predicted molar refractivity (Wildman–Crippen MR) is 69.9 cm³/mol. The molecule has 0 aliphatic heterocycles. The maximum atomic E-state index is 10.1. The van der Waals surface area contributed by atoms with Crippen LogP contribution in [-0.4, -0.2) is 33.7 Å². The van der Waals surface area contributed by atoms with Gasteiger partial charge < -0.3 is 10.8 Å². The first-order valence-electron chi connectivity index (χ1n) is 5.49. The Bertz CT molecular complexity index is 328. The van der Waals surface area contributed by atoms with E-state index in [0.29, 0.717) is 6.42 Å². The van der Waals surface area contributed by atoms with E-state index in [1.807, 2.05) is 24.1 Å². The van der Waals surface area contributed by atoms with Gasteiger partial charge in [-0.1, -0.05) is 0 Å². The molecule has 0 aliphatic rings. The summed E-state index contributed by atoms with van der Waals surface area (Å²) < 4.78 is 4.16. The SMILES string of the molecule is CC[n+]1ccn(C)c1.CSCCC(N)C(=O)O. The number of aryl methyl sites for hydroxylation is 2.